The molecule has 1 unspecified atom stereocenters. The molecule has 0 amide bonds. The summed E-state index contributed by atoms with van der Waals surface area (Å²) in [6, 6.07) is 0. The lowest BCUT2D eigenvalue weighted by molar-refractivity contribution is -0.0649. The van der Waals surface area contributed by atoms with Crippen LogP contribution in [0, 0.1) is 0 Å². The van der Waals surface area contributed by atoms with Gasteiger partial charge in [-0.1, -0.05) is 0 Å². The van der Waals surface area contributed by atoms with E-state index in [0.717, 1.165) is 12.2 Å². The lowest BCUT2D eigenvalue weighted by atomic mass is 9.99. The average molecular weight is 189 g/mol. The minimum Gasteiger partial charge on any atom is -0.370 e. The van der Waals surface area contributed by atoms with Crippen molar-refractivity contribution in [1.29, 1.82) is 0 Å². The molecular weight excluding hydrogens is 170 g/mol. The van der Waals surface area contributed by atoms with Crippen LogP contribution in [0.25, 0.3) is 0 Å². The molecule has 0 aromatic rings. The highest BCUT2D eigenvalue weighted by molar-refractivity contribution is 7.99. The Labute approximate surface area is 79.2 Å². The van der Waals surface area contributed by atoms with Crippen LogP contribution in [0.5, 0.6) is 0 Å². The zero-order chi connectivity index (χ0) is 9.03. The number of ether oxygens (including phenoxy) is 1. The summed E-state index contributed by atoms with van der Waals surface area (Å²) < 4.78 is 5.88. The van der Waals surface area contributed by atoms with Gasteiger partial charge in [-0.05, 0) is 32.4 Å². The second-order valence-corrected chi connectivity index (χ2v) is 4.82. The van der Waals surface area contributed by atoms with Crippen molar-refractivity contribution in [3.63, 3.8) is 0 Å². The van der Waals surface area contributed by atoms with Crippen molar-refractivity contribution in [2.75, 3.05) is 18.1 Å². The highest BCUT2D eigenvalue weighted by Crippen LogP contribution is 2.30. The van der Waals surface area contributed by atoms with Gasteiger partial charge in [0, 0.05) is 12.3 Å². The maximum Gasteiger partial charge on any atom is 0.0897 e. The van der Waals surface area contributed by atoms with E-state index in [2.05, 4.69) is 13.8 Å². The molecule has 1 heterocycles. The van der Waals surface area contributed by atoms with Gasteiger partial charge >= 0.3 is 0 Å². The highest BCUT2D eigenvalue weighted by atomic mass is 32.2. The second kappa shape index (κ2) is 4.49. The summed E-state index contributed by atoms with van der Waals surface area (Å²) in [6.45, 7) is 4.82. The average Bonchev–Trinajstić information content (AvgIpc) is 2.05. The molecule has 1 aliphatic heterocycles. The summed E-state index contributed by atoms with van der Waals surface area (Å²) in [4.78, 5) is 0. The summed E-state index contributed by atoms with van der Waals surface area (Å²) in [7, 11) is 0. The summed E-state index contributed by atoms with van der Waals surface area (Å²) in [5, 5.41) is 0. The summed E-state index contributed by atoms with van der Waals surface area (Å²) in [6.07, 6.45) is 2.68. The minimum absolute atomic E-state index is 0.0168. The molecule has 0 bridgehead atoms. The fraction of sp³-hybridized carbons (Fsp3) is 1.00. The third-order valence-corrected chi connectivity index (χ3v) is 3.45. The fourth-order valence-corrected chi connectivity index (χ4v) is 2.82. The van der Waals surface area contributed by atoms with Crippen LogP contribution in [0.2, 0.25) is 0 Å². The Morgan fingerprint density at radius 2 is 2.33 bits per heavy atom. The first-order valence-corrected chi connectivity index (χ1v) is 5.80. The highest BCUT2D eigenvalue weighted by Gasteiger charge is 2.32. The molecule has 72 valence electrons. The Bertz CT molecular complexity index is 132. The molecule has 12 heavy (non-hydrogen) atoms. The Balaban J connectivity index is 2.48. The molecule has 0 saturated carbocycles. The van der Waals surface area contributed by atoms with Gasteiger partial charge in [-0.3, -0.25) is 0 Å². The molecule has 3 heteroatoms. The third-order valence-electron chi connectivity index (χ3n) is 2.14. The summed E-state index contributed by atoms with van der Waals surface area (Å²) >= 11 is 1.96. The molecule has 0 aliphatic carbocycles. The quantitative estimate of drug-likeness (QED) is 0.733. The molecule has 2 nitrogen and oxygen atoms in total. The van der Waals surface area contributed by atoms with E-state index in [1.807, 2.05) is 11.8 Å². The number of hydrogen-bond acceptors (Lipinski definition) is 3. The summed E-state index contributed by atoms with van der Waals surface area (Å²) in [5.74, 6) is 2.34. The van der Waals surface area contributed by atoms with E-state index in [9.17, 15) is 0 Å². The van der Waals surface area contributed by atoms with Crippen LogP contribution in [0.4, 0.5) is 0 Å². The molecule has 2 N–H and O–H groups in total. The Kier molecular flexibility index (Phi) is 3.87. The summed E-state index contributed by atoms with van der Waals surface area (Å²) in [5.41, 5.74) is 5.73. The van der Waals surface area contributed by atoms with Crippen molar-refractivity contribution in [2.24, 2.45) is 5.73 Å². The van der Waals surface area contributed by atoms with Crippen molar-refractivity contribution < 1.29 is 4.74 Å². The number of hydrogen-bond donors (Lipinski definition) is 1. The normalized spacial score (nSPS) is 31.0. The first-order valence-electron chi connectivity index (χ1n) is 4.64. The third kappa shape index (κ3) is 2.64. The molecule has 0 aromatic carbocycles. The van der Waals surface area contributed by atoms with Crippen molar-refractivity contribution in [3.05, 3.63) is 0 Å². The first kappa shape index (κ1) is 10.4. The van der Waals surface area contributed by atoms with E-state index in [1.165, 1.54) is 12.2 Å². The lowest BCUT2D eigenvalue weighted by Gasteiger charge is -2.37. The van der Waals surface area contributed by atoms with Crippen LogP contribution in [0.15, 0.2) is 0 Å². The molecule has 1 atom stereocenters. The van der Waals surface area contributed by atoms with Crippen LogP contribution < -0.4 is 5.73 Å². The lowest BCUT2D eigenvalue weighted by Crippen LogP contribution is -2.46. The van der Waals surface area contributed by atoms with Crippen molar-refractivity contribution in [1.82, 2.24) is 0 Å². The maximum absolute atomic E-state index is 5.88. The van der Waals surface area contributed by atoms with Crippen molar-refractivity contribution in [3.8, 4) is 0 Å². The van der Waals surface area contributed by atoms with E-state index in [1.54, 1.807) is 0 Å². The number of nitrogens with two attached hydrogens (primary N) is 1. The van der Waals surface area contributed by atoms with Gasteiger partial charge < -0.3 is 10.5 Å². The van der Waals surface area contributed by atoms with Crippen LogP contribution in [0.1, 0.15) is 26.7 Å². The van der Waals surface area contributed by atoms with Gasteiger partial charge in [-0.2, -0.15) is 11.8 Å². The van der Waals surface area contributed by atoms with Crippen LogP contribution >= 0.6 is 11.8 Å². The predicted molar refractivity (Wildman–Crippen MR) is 54.6 cm³/mol. The zero-order valence-electron chi connectivity index (χ0n) is 8.01. The van der Waals surface area contributed by atoms with E-state index in [0.29, 0.717) is 12.6 Å². The van der Waals surface area contributed by atoms with Crippen LogP contribution in [-0.4, -0.2) is 29.8 Å². The van der Waals surface area contributed by atoms with Gasteiger partial charge in [0.1, 0.15) is 0 Å². The van der Waals surface area contributed by atoms with E-state index in [4.69, 9.17) is 10.5 Å². The van der Waals surface area contributed by atoms with Gasteiger partial charge in [-0.15, -0.1) is 0 Å². The molecule has 0 aromatic heterocycles. The molecule has 0 radical (unpaired) electrons. The van der Waals surface area contributed by atoms with Gasteiger partial charge in [0.15, 0.2) is 0 Å². The van der Waals surface area contributed by atoms with E-state index < -0.39 is 0 Å². The molecular formula is C9H19NOS. The van der Waals surface area contributed by atoms with Gasteiger partial charge in [-0.25, -0.2) is 0 Å². The van der Waals surface area contributed by atoms with Gasteiger partial charge in [0.2, 0.25) is 0 Å². The largest absolute Gasteiger partial charge is 0.370 e. The number of thioether (sulfide) groups is 1. The van der Waals surface area contributed by atoms with Crippen LogP contribution in [0.3, 0.4) is 0 Å². The number of rotatable bonds is 3. The smallest absolute Gasteiger partial charge is 0.0897 e. The van der Waals surface area contributed by atoms with Gasteiger partial charge in [0.25, 0.3) is 0 Å². The SMILES string of the molecule is CC(C)OC1(CN)CCCSC1. The molecule has 1 saturated heterocycles. The molecule has 1 aliphatic rings. The molecule has 1 rings (SSSR count). The van der Waals surface area contributed by atoms with E-state index >= 15 is 0 Å². The standard InChI is InChI=1S/C9H19NOS/c1-8(2)11-9(6-10)4-3-5-12-7-9/h8H,3-7,10H2,1-2H3. The molecule has 1 fully saturated rings. The predicted octanol–water partition coefficient (Wildman–Crippen LogP) is 1.64. The Morgan fingerprint density at radius 1 is 1.58 bits per heavy atom. The monoisotopic (exact) mass is 189 g/mol. The first-order chi connectivity index (χ1) is 5.68. The maximum atomic E-state index is 5.88. The Morgan fingerprint density at radius 3 is 2.75 bits per heavy atom. The Hall–Kier alpha value is 0.270. The minimum atomic E-state index is -0.0168. The zero-order valence-corrected chi connectivity index (χ0v) is 8.82. The van der Waals surface area contributed by atoms with Crippen molar-refractivity contribution in [2.45, 2.75) is 38.4 Å². The molecule has 0 spiro atoms. The fourth-order valence-electron chi connectivity index (χ4n) is 1.63. The van der Waals surface area contributed by atoms with E-state index in [-0.39, 0.29) is 5.60 Å². The topological polar surface area (TPSA) is 35.2 Å². The van der Waals surface area contributed by atoms with Crippen molar-refractivity contribution >= 4 is 11.8 Å². The second-order valence-electron chi connectivity index (χ2n) is 3.71. The van der Waals surface area contributed by atoms with Crippen LogP contribution in [-0.2, 0) is 4.74 Å². The van der Waals surface area contributed by atoms with Gasteiger partial charge in [0.05, 0.1) is 11.7 Å².